The minimum atomic E-state index is -3.75. The molecule has 0 aliphatic heterocycles. The molecule has 0 radical (unpaired) electrons. The largest absolute Gasteiger partial charge is 0.497 e. The zero-order chi connectivity index (χ0) is 20.0. The Morgan fingerprint density at radius 3 is 2.32 bits per heavy atom. The van der Waals surface area contributed by atoms with Crippen molar-refractivity contribution < 1.29 is 17.9 Å². The lowest BCUT2D eigenvalue weighted by Gasteiger charge is -2.12. The molecule has 3 rings (SSSR count). The Morgan fingerprint density at radius 1 is 0.964 bits per heavy atom. The highest BCUT2D eigenvalue weighted by Crippen LogP contribution is 2.27. The van der Waals surface area contributed by atoms with Gasteiger partial charge in [0, 0.05) is 30.6 Å². The summed E-state index contributed by atoms with van der Waals surface area (Å²) in [7, 11) is -0.853. The predicted octanol–water partition coefficient (Wildman–Crippen LogP) is 2.68. The van der Waals surface area contributed by atoms with Crippen molar-refractivity contribution in [1.82, 2.24) is 14.7 Å². The van der Waals surface area contributed by atoms with Gasteiger partial charge in [0.1, 0.15) is 16.4 Å². The first-order chi connectivity index (χ1) is 13.5. The first-order valence-corrected chi connectivity index (χ1v) is 10.1. The van der Waals surface area contributed by atoms with Crippen molar-refractivity contribution >= 4 is 10.0 Å². The zero-order valence-corrected chi connectivity index (χ0v) is 16.4. The summed E-state index contributed by atoms with van der Waals surface area (Å²) in [5.74, 6) is 1.32. The molecule has 0 saturated carbocycles. The number of sulfonamides is 1. The Balaban J connectivity index is 1.66. The molecule has 1 heterocycles. The second-order valence-corrected chi connectivity index (χ2v) is 7.68. The van der Waals surface area contributed by atoms with Crippen molar-refractivity contribution in [3.8, 4) is 22.9 Å². The molecule has 0 unspecified atom stereocenters. The minimum absolute atomic E-state index is 0.0324. The van der Waals surface area contributed by atoms with Crippen molar-refractivity contribution in [1.29, 1.82) is 0 Å². The SMILES string of the molecule is COc1ccc(OC)c(S(=O)(=O)NCCc2cnc(-c3ccccc3)nc2)c1. The molecule has 7 nitrogen and oxygen atoms in total. The molecule has 0 aliphatic carbocycles. The lowest BCUT2D eigenvalue weighted by Crippen LogP contribution is -2.26. The maximum Gasteiger partial charge on any atom is 0.244 e. The molecule has 0 bridgehead atoms. The minimum Gasteiger partial charge on any atom is -0.497 e. The Bertz CT molecular complexity index is 1020. The Kier molecular flexibility index (Phi) is 6.23. The van der Waals surface area contributed by atoms with Crippen LogP contribution in [0.2, 0.25) is 0 Å². The van der Waals surface area contributed by atoms with E-state index in [9.17, 15) is 8.42 Å². The van der Waals surface area contributed by atoms with Crippen LogP contribution in [0.25, 0.3) is 11.4 Å². The molecule has 2 aromatic carbocycles. The van der Waals surface area contributed by atoms with Crippen LogP contribution in [0.4, 0.5) is 0 Å². The van der Waals surface area contributed by atoms with Crippen LogP contribution in [0.3, 0.4) is 0 Å². The average Bonchev–Trinajstić information content (AvgIpc) is 2.74. The van der Waals surface area contributed by atoms with Gasteiger partial charge >= 0.3 is 0 Å². The van der Waals surface area contributed by atoms with Gasteiger partial charge in [-0.15, -0.1) is 0 Å². The Labute approximate surface area is 164 Å². The van der Waals surface area contributed by atoms with Crippen LogP contribution in [0, 0.1) is 0 Å². The third-order valence-electron chi connectivity index (χ3n) is 4.10. The zero-order valence-electron chi connectivity index (χ0n) is 15.6. The van der Waals surface area contributed by atoms with Gasteiger partial charge in [-0.05, 0) is 24.1 Å². The summed E-state index contributed by atoms with van der Waals surface area (Å²) in [4.78, 5) is 8.73. The van der Waals surface area contributed by atoms with E-state index in [1.807, 2.05) is 30.3 Å². The van der Waals surface area contributed by atoms with Crippen LogP contribution < -0.4 is 14.2 Å². The molecule has 0 amide bonds. The topological polar surface area (TPSA) is 90.4 Å². The van der Waals surface area contributed by atoms with Gasteiger partial charge in [0.2, 0.25) is 10.0 Å². The normalized spacial score (nSPS) is 11.2. The van der Waals surface area contributed by atoms with Gasteiger partial charge in [-0.3, -0.25) is 0 Å². The standard InChI is InChI=1S/C20H21N3O4S/c1-26-17-8-9-18(27-2)19(12-17)28(24,25)23-11-10-15-13-21-20(22-14-15)16-6-4-3-5-7-16/h3-9,12-14,23H,10-11H2,1-2H3. The first kappa shape index (κ1) is 19.8. The van der Waals surface area contributed by atoms with Gasteiger partial charge in [0.15, 0.2) is 5.82 Å². The highest BCUT2D eigenvalue weighted by molar-refractivity contribution is 7.89. The number of aromatic nitrogens is 2. The smallest absolute Gasteiger partial charge is 0.244 e. The monoisotopic (exact) mass is 399 g/mol. The Hall–Kier alpha value is -2.97. The highest BCUT2D eigenvalue weighted by atomic mass is 32.2. The van der Waals surface area contributed by atoms with Crippen LogP contribution in [0.5, 0.6) is 11.5 Å². The summed E-state index contributed by atoms with van der Waals surface area (Å²) in [5.41, 5.74) is 1.76. The number of hydrogen-bond donors (Lipinski definition) is 1. The predicted molar refractivity (Wildman–Crippen MR) is 106 cm³/mol. The van der Waals surface area contributed by atoms with Crippen LogP contribution in [-0.4, -0.2) is 39.2 Å². The van der Waals surface area contributed by atoms with Gasteiger partial charge in [-0.25, -0.2) is 23.1 Å². The van der Waals surface area contributed by atoms with Crippen LogP contribution >= 0.6 is 0 Å². The van der Waals surface area contributed by atoms with Crippen molar-refractivity contribution in [2.45, 2.75) is 11.3 Å². The summed E-state index contributed by atoms with van der Waals surface area (Å²) in [6, 6.07) is 14.3. The molecular weight excluding hydrogens is 378 g/mol. The summed E-state index contributed by atoms with van der Waals surface area (Å²) < 4.78 is 38.1. The molecule has 28 heavy (non-hydrogen) atoms. The quantitative estimate of drug-likeness (QED) is 0.626. The van der Waals surface area contributed by atoms with E-state index in [-0.39, 0.29) is 17.2 Å². The van der Waals surface area contributed by atoms with E-state index in [1.165, 1.54) is 20.3 Å². The second kappa shape index (κ2) is 8.81. The van der Waals surface area contributed by atoms with E-state index in [1.54, 1.807) is 24.5 Å². The summed E-state index contributed by atoms with van der Waals surface area (Å²) in [5, 5.41) is 0. The molecule has 146 valence electrons. The maximum absolute atomic E-state index is 12.6. The average molecular weight is 399 g/mol. The number of ether oxygens (including phenoxy) is 2. The fourth-order valence-electron chi connectivity index (χ4n) is 2.62. The van der Waals surface area contributed by atoms with E-state index in [4.69, 9.17) is 9.47 Å². The molecule has 0 aliphatic rings. The number of hydrogen-bond acceptors (Lipinski definition) is 6. The summed E-state index contributed by atoms with van der Waals surface area (Å²) in [6.07, 6.45) is 3.87. The Morgan fingerprint density at radius 2 is 1.68 bits per heavy atom. The van der Waals surface area contributed by atoms with E-state index >= 15 is 0 Å². The van der Waals surface area contributed by atoms with Gasteiger partial charge in [-0.1, -0.05) is 30.3 Å². The van der Waals surface area contributed by atoms with E-state index in [0.29, 0.717) is 18.0 Å². The van der Waals surface area contributed by atoms with Gasteiger partial charge in [-0.2, -0.15) is 0 Å². The number of methoxy groups -OCH3 is 2. The summed E-state index contributed by atoms with van der Waals surface area (Å²) in [6.45, 7) is 0.205. The lowest BCUT2D eigenvalue weighted by atomic mass is 10.2. The molecule has 0 saturated heterocycles. The fraction of sp³-hybridized carbons (Fsp3) is 0.200. The van der Waals surface area contributed by atoms with Crippen LogP contribution in [-0.2, 0) is 16.4 Å². The van der Waals surface area contributed by atoms with Gasteiger partial charge < -0.3 is 9.47 Å². The van der Waals surface area contributed by atoms with Crippen molar-refractivity contribution in [2.75, 3.05) is 20.8 Å². The molecule has 8 heteroatoms. The molecule has 0 atom stereocenters. The van der Waals surface area contributed by atoms with E-state index in [0.717, 1.165) is 11.1 Å². The second-order valence-electron chi connectivity index (χ2n) is 5.95. The number of nitrogens with zero attached hydrogens (tertiary/aromatic N) is 2. The number of nitrogens with one attached hydrogen (secondary N) is 1. The third-order valence-corrected chi connectivity index (χ3v) is 5.59. The molecule has 0 fully saturated rings. The van der Waals surface area contributed by atoms with Crippen molar-refractivity contribution in [2.24, 2.45) is 0 Å². The molecular formula is C20H21N3O4S. The van der Waals surface area contributed by atoms with Crippen molar-refractivity contribution in [3.05, 3.63) is 66.5 Å². The summed E-state index contributed by atoms with van der Waals surface area (Å²) >= 11 is 0. The van der Waals surface area contributed by atoms with E-state index < -0.39 is 10.0 Å². The van der Waals surface area contributed by atoms with E-state index in [2.05, 4.69) is 14.7 Å². The van der Waals surface area contributed by atoms with Gasteiger partial charge in [0.25, 0.3) is 0 Å². The van der Waals surface area contributed by atoms with Gasteiger partial charge in [0.05, 0.1) is 14.2 Å². The molecule has 1 aromatic heterocycles. The first-order valence-electron chi connectivity index (χ1n) is 8.61. The maximum atomic E-state index is 12.6. The highest BCUT2D eigenvalue weighted by Gasteiger charge is 2.20. The molecule has 0 spiro atoms. The van der Waals surface area contributed by atoms with Crippen LogP contribution in [0.1, 0.15) is 5.56 Å². The van der Waals surface area contributed by atoms with Crippen molar-refractivity contribution in [3.63, 3.8) is 0 Å². The van der Waals surface area contributed by atoms with Crippen LogP contribution in [0.15, 0.2) is 65.8 Å². The fourth-order valence-corrected chi connectivity index (χ4v) is 3.84. The molecule has 1 N–H and O–H groups in total. The molecule has 3 aromatic rings. The number of benzene rings is 2. The lowest BCUT2D eigenvalue weighted by molar-refractivity contribution is 0.392. The number of rotatable bonds is 8. The third kappa shape index (κ3) is 4.65.